The minimum absolute atomic E-state index is 0.104. The number of carbonyl (C=O) groups is 1. The summed E-state index contributed by atoms with van der Waals surface area (Å²) in [5, 5.41) is 11.1. The second-order valence-corrected chi connectivity index (χ2v) is 3.44. The van der Waals surface area contributed by atoms with Crippen molar-refractivity contribution in [3.8, 4) is 18.4 Å². The van der Waals surface area contributed by atoms with Gasteiger partial charge in [0.05, 0.1) is 0 Å². The minimum atomic E-state index is -1.17. The first-order chi connectivity index (χ1) is 8.56. The molecule has 0 aromatic heterocycles. The Bertz CT molecular complexity index is 516. The Balaban J connectivity index is 2.69. The van der Waals surface area contributed by atoms with Crippen LogP contribution in [0.2, 0.25) is 0 Å². The molecule has 1 aromatic rings. The van der Waals surface area contributed by atoms with Gasteiger partial charge in [0.1, 0.15) is 18.0 Å². The number of halogens is 1. The Morgan fingerprint density at radius 3 is 2.89 bits per heavy atom. The van der Waals surface area contributed by atoms with Gasteiger partial charge in [-0.15, -0.1) is 6.42 Å². The van der Waals surface area contributed by atoms with Crippen LogP contribution in [0.4, 0.5) is 4.39 Å². The molecule has 1 N–H and O–H groups in total. The molecule has 0 aliphatic carbocycles. The first-order valence-corrected chi connectivity index (χ1v) is 5.14. The van der Waals surface area contributed by atoms with Gasteiger partial charge >= 0.3 is 0 Å². The molecule has 18 heavy (non-hydrogen) atoms. The predicted octanol–water partition coefficient (Wildman–Crippen LogP) is 1.44. The lowest BCUT2D eigenvalue weighted by molar-refractivity contribution is 0.0376. The highest BCUT2D eigenvalue weighted by Crippen LogP contribution is 2.04. The SMILES string of the molecule is C#CC(C)OC(C#N)NC(=O)c1cccc(F)c1. The molecule has 0 fully saturated rings. The highest BCUT2D eigenvalue weighted by atomic mass is 19.1. The lowest BCUT2D eigenvalue weighted by Gasteiger charge is -2.14. The van der Waals surface area contributed by atoms with Gasteiger partial charge in [0.15, 0.2) is 0 Å². The molecule has 5 heteroatoms. The quantitative estimate of drug-likeness (QED) is 0.646. The molecule has 0 saturated heterocycles. The Kier molecular flexibility index (Phi) is 4.86. The van der Waals surface area contributed by atoms with Crippen molar-refractivity contribution < 1.29 is 13.9 Å². The van der Waals surface area contributed by atoms with E-state index < -0.39 is 24.1 Å². The summed E-state index contributed by atoms with van der Waals surface area (Å²) in [7, 11) is 0. The number of carbonyl (C=O) groups excluding carboxylic acids is 1. The molecule has 1 rings (SSSR count). The molecule has 1 aromatic carbocycles. The highest BCUT2D eigenvalue weighted by molar-refractivity contribution is 5.94. The molecular formula is C13H11FN2O2. The highest BCUT2D eigenvalue weighted by Gasteiger charge is 2.15. The molecule has 0 saturated carbocycles. The number of nitrogens with one attached hydrogen (secondary N) is 1. The Morgan fingerprint density at radius 2 is 2.33 bits per heavy atom. The fourth-order valence-corrected chi connectivity index (χ4v) is 1.17. The molecule has 0 spiro atoms. The van der Waals surface area contributed by atoms with Crippen LogP contribution in [0.15, 0.2) is 24.3 Å². The summed E-state index contributed by atoms with van der Waals surface area (Å²) in [4.78, 5) is 11.7. The summed E-state index contributed by atoms with van der Waals surface area (Å²) in [5.74, 6) is 1.13. The van der Waals surface area contributed by atoms with Crippen LogP contribution in [0.5, 0.6) is 0 Å². The summed E-state index contributed by atoms with van der Waals surface area (Å²) in [6.45, 7) is 1.57. The van der Waals surface area contributed by atoms with Crippen LogP contribution in [0.25, 0.3) is 0 Å². The van der Waals surface area contributed by atoms with Crippen LogP contribution < -0.4 is 5.32 Å². The van der Waals surface area contributed by atoms with Gasteiger partial charge in [0.25, 0.3) is 5.91 Å². The maximum atomic E-state index is 12.9. The third kappa shape index (κ3) is 3.89. The number of nitrogens with zero attached hydrogens (tertiary/aromatic N) is 1. The Hall–Kier alpha value is -2.37. The summed E-state index contributed by atoms with van der Waals surface area (Å²) in [6.07, 6.45) is 3.31. The van der Waals surface area contributed by atoms with E-state index in [1.807, 2.05) is 0 Å². The minimum Gasteiger partial charge on any atom is -0.329 e. The van der Waals surface area contributed by atoms with E-state index in [2.05, 4.69) is 11.2 Å². The fourth-order valence-electron chi connectivity index (χ4n) is 1.17. The number of rotatable bonds is 4. The molecule has 92 valence electrons. The summed E-state index contributed by atoms with van der Waals surface area (Å²) < 4.78 is 18.0. The van der Waals surface area contributed by atoms with Gasteiger partial charge in [-0.25, -0.2) is 4.39 Å². The third-order valence-corrected chi connectivity index (χ3v) is 2.04. The van der Waals surface area contributed by atoms with Crippen LogP contribution >= 0.6 is 0 Å². The molecule has 0 radical (unpaired) electrons. The zero-order valence-electron chi connectivity index (χ0n) is 9.68. The Labute approximate surface area is 104 Å². The maximum absolute atomic E-state index is 12.9. The number of hydrogen-bond acceptors (Lipinski definition) is 3. The average molecular weight is 246 g/mol. The maximum Gasteiger partial charge on any atom is 0.254 e. The van der Waals surface area contributed by atoms with Gasteiger partial charge in [-0.05, 0) is 25.1 Å². The van der Waals surface area contributed by atoms with E-state index >= 15 is 0 Å². The van der Waals surface area contributed by atoms with E-state index in [0.29, 0.717) is 0 Å². The normalized spacial score (nSPS) is 12.9. The van der Waals surface area contributed by atoms with Gasteiger partial charge in [0, 0.05) is 5.56 Å². The van der Waals surface area contributed by atoms with E-state index in [4.69, 9.17) is 16.4 Å². The van der Waals surface area contributed by atoms with Gasteiger partial charge in [-0.1, -0.05) is 12.0 Å². The summed E-state index contributed by atoms with van der Waals surface area (Å²) >= 11 is 0. The van der Waals surface area contributed by atoms with E-state index in [1.54, 1.807) is 13.0 Å². The molecule has 4 nitrogen and oxygen atoms in total. The smallest absolute Gasteiger partial charge is 0.254 e. The van der Waals surface area contributed by atoms with Crippen molar-refractivity contribution in [3.63, 3.8) is 0 Å². The lowest BCUT2D eigenvalue weighted by atomic mass is 10.2. The fraction of sp³-hybridized carbons (Fsp3) is 0.231. The first-order valence-electron chi connectivity index (χ1n) is 5.14. The van der Waals surface area contributed by atoms with Crippen LogP contribution in [-0.4, -0.2) is 18.2 Å². The van der Waals surface area contributed by atoms with Crippen LogP contribution in [0, 0.1) is 29.5 Å². The second kappa shape index (κ2) is 6.39. The zero-order chi connectivity index (χ0) is 13.5. The van der Waals surface area contributed by atoms with E-state index in [0.717, 1.165) is 6.07 Å². The van der Waals surface area contributed by atoms with Crippen molar-refractivity contribution >= 4 is 5.91 Å². The van der Waals surface area contributed by atoms with Gasteiger partial charge in [-0.3, -0.25) is 4.79 Å². The lowest BCUT2D eigenvalue weighted by Crippen LogP contribution is -2.37. The third-order valence-electron chi connectivity index (χ3n) is 2.04. The molecule has 0 aliphatic rings. The van der Waals surface area contributed by atoms with E-state index in [-0.39, 0.29) is 5.56 Å². The number of terminal acetylenes is 1. The zero-order valence-corrected chi connectivity index (χ0v) is 9.68. The monoisotopic (exact) mass is 246 g/mol. The van der Waals surface area contributed by atoms with Crippen LogP contribution in [0.3, 0.4) is 0 Å². The number of nitriles is 1. The van der Waals surface area contributed by atoms with Crippen molar-refractivity contribution in [2.75, 3.05) is 0 Å². The van der Waals surface area contributed by atoms with Crippen LogP contribution in [-0.2, 0) is 4.74 Å². The van der Waals surface area contributed by atoms with Crippen molar-refractivity contribution in [1.82, 2.24) is 5.32 Å². The van der Waals surface area contributed by atoms with Crippen molar-refractivity contribution in [1.29, 1.82) is 5.26 Å². The second-order valence-electron chi connectivity index (χ2n) is 3.44. The first kappa shape index (κ1) is 13.7. The number of amides is 1. The predicted molar refractivity (Wildman–Crippen MR) is 62.6 cm³/mol. The average Bonchev–Trinajstić information content (AvgIpc) is 2.37. The van der Waals surface area contributed by atoms with Gasteiger partial charge in [-0.2, -0.15) is 5.26 Å². The number of ether oxygens (including phenoxy) is 1. The number of benzene rings is 1. The van der Waals surface area contributed by atoms with E-state index in [1.165, 1.54) is 18.2 Å². The van der Waals surface area contributed by atoms with Crippen molar-refractivity contribution in [2.45, 2.75) is 19.3 Å². The van der Waals surface area contributed by atoms with Crippen molar-refractivity contribution in [2.24, 2.45) is 0 Å². The van der Waals surface area contributed by atoms with Gasteiger partial charge < -0.3 is 10.1 Å². The largest absolute Gasteiger partial charge is 0.329 e. The summed E-state index contributed by atoms with van der Waals surface area (Å²) in [5.41, 5.74) is 0.104. The molecular weight excluding hydrogens is 235 g/mol. The Morgan fingerprint density at radius 1 is 1.61 bits per heavy atom. The molecule has 0 bridgehead atoms. The van der Waals surface area contributed by atoms with Crippen molar-refractivity contribution in [3.05, 3.63) is 35.6 Å². The number of hydrogen-bond donors (Lipinski definition) is 1. The molecule has 0 aliphatic heterocycles. The topological polar surface area (TPSA) is 62.1 Å². The van der Waals surface area contributed by atoms with Gasteiger partial charge in [0.2, 0.25) is 6.23 Å². The molecule has 0 heterocycles. The summed E-state index contributed by atoms with van der Waals surface area (Å²) in [6, 6.07) is 6.85. The standard InChI is InChI=1S/C13H11FN2O2/c1-3-9(2)18-12(8-15)16-13(17)10-5-4-6-11(14)7-10/h1,4-7,9,12H,2H3,(H,16,17). The van der Waals surface area contributed by atoms with Crippen LogP contribution in [0.1, 0.15) is 17.3 Å². The molecule has 2 unspecified atom stereocenters. The molecule has 1 amide bonds. The molecule has 2 atom stereocenters. The van der Waals surface area contributed by atoms with E-state index in [9.17, 15) is 9.18 Å².